The number of halogens is 2. The highest BCUT2D eigenvalue weighted by molar-refractivity contribution is 7.98. The van der Waals surface area contributed by atoms with Crippen LogP contribution in [0.2, 0.25) is 10.0 Å². The summed E-state index contributed by atoms with van der Waals surface area (Å²) >= 11 is 13.7. The molecule has 0 spiro atoms. The summed E-state index contributed by atoms with van der Waals surface area (Å²) in [6, 6.07) is 19.0. The van der Waals surface area contributed by atoms with Crippen LogP contribution in [0.1, 0.15) is 17.1 Å². The van der Waals surface area contributed by atoms with Crippen molar-refractivity contribution in [3.05, 3.63) is 94.1 Å². The standard InChI is InChI=1S/C21H17Cl2N3O2S/c22-18-9-8-15(11-19(18)23)14-29-21-25-24-20(13-28-16-5-2-1-3-6-16)26(21)12-17-7-4-10-27-17/h1-11H,12-14H2. The molecule has 148 valence electrons. The van der Waals surface area contributed by atoms with Crippen molar-refractivity contribution < 1.29 is 9.15 Å². The zero-order chi connectivity index (χ0) is 20.1. The van der Waals surface area contributed by atoms with Crippen LogP contribution in [0, 0.1) is 0 Å². The molecule has 0 aliphatic heterocycles. The largest absolute Gasteiger partial charge is 0.486 e. The maximum Gasteiger partial charge on any atom is 0.192 e. The van der Waals surface area contributed by atoms with E-state index in [-0.39, 0.29) is 0 Å². The Bertz CT molecular complexity index is 1070. The van der Waals surface area contributed by atoms with Crippen molar-refractivity contribution in [1.82, 2.24) is 14.8 Å². The van der Waals surface area contributed by atoms with Crippen LogP contribution in [-0.2, 0) is 18.9 Å². The van der Waals surface area contributed by atoms with E-state index in [0.29, 0.717) is 28.9 Å². The number of furan rings is 1. The van der Waals surface area contributed by atoms with Crippen LogP contribution in [0.4, 0.5) is 0 Å². The van der Waals surface area contributed by atoms with Crippen molar-refractivity contribution in [2.24, 2.45) is 0 Å². The predicted octanol–water partition coefficient (Wildman–Crippen LogP) is 6.10. The molecule has 0 atom stereocenters. The first-order valence-electron chi connectivity index (χ1n) is 8.88. The number of para-hydroxylation sites is 1. The molecule has 5 nitrogen and oxygen atoms in total. The van der Waals surface area contributed by atoms with Gasteiger partial charge in [0.25, 0.3) is 0 Å². The third-order valence-corrected chi connectivity index (χ3v) is 5.93. The van der Waals surface area contributed by atoms with Gasteiger partial charge in [-0.1, -0.05) is 59.2 Å². The van der Waals surface area contributed by atoms with Gasteiger partial charge in [0.15, 0.2) is 11.0 Å². The molecular weight excluding hydrogens is 429 g/mol. The summed E-state index contributed by atoms with van der Waals surface area (Å²) in [6.07, 6.45) is 1.66. The van der Waals surface area contributed by atoms with Gasteiger partial charge in [0.2, 0.25) is 0 Å². The number of aromatic nitrogens is 3. The summed E-state index contributed by atoms with van der Waals surface area (Å²) in [5.74, 6) is 3.02. The molecule has 0 amide bonds. The van der Waals surface area contributed by atoms with E-state index >= 15 is 0 Å². The Morgan fingerprint density at radius 3 is 2.59 bits per heavy atom. The smallest absolute Gasteiger partial charge is 0.192 e. The van der Waals surface area contributed by atoms with E-state index in [1.807, 2.05) is 59.2 Å². The van der Waals surface area contributed by atoms with Crippen molar-refractivity contribution in [3.63, 3.8) is 0 Å². The van der Waals surface area contributed by atoms with Crippen molar-refractivity contribution >= 4 is 35.0 Å². The number of hydrogen-bond acceptors (Lipinski definition) is 5. The Labute approximate surface area is 182 Å². The minimum absolute atomic E-state index is 0.311. The molecule has 0 aliphatic rings. The van der Waals surface area contributed by atoms with Gasteiger partial charge in [0, 0.05) is 5.75 Å². The highest BCUT2D eigenvalue weighted by atomic mass is 35.5. The predicted molar refractivity (Wildman–Crippen MR) is 115 cm³/mol. The first-order valence-corrected chi connectivity index (χ1v) is 10.6. The lowest BCUT2D eigenvalue weighted by atomic mass is 10.2. The van der Waals surface area contributed by atoms with Crippen LogP contribution >= 0.6 is 35.0 Å². The number of nitrogens with zero attached hydrogens (tertiary/aromatic N) is 3. The van der Waals surface area contributed by atoms with Gasteiger partial charge in [-0.3, -0.25) is 4.57 Å². The third kappa shape index (κ3) is 5.15. The molecule has 2 heterocycles. The van der Waals surface area contributed by atoms with Crippen LogP contribution in [0.25, 0.3) is 0 Å². The topological polar surface area (TPSA) is 53.1 Å². The molecule has 0 unspecified atom stereocenters. The van der Waals surface area contributed by atoms with Gasteiger partial charge in [-0.25, -0.2) is 0 Å². The normalized spacial score (nSPS) is 11.0. The van der Waals surface area contributed by atoms with E-state index < -0.39 is 0 Å². The van der Waals surface area contributed by atoms with E-state index in [9.17, 15) is 0 Å². The van der Waals surface area contributed by atoms with Crippen LogP contribution < -0.4 is 4.74 Å². The highest BCUT2D eigenvalue weighted by Crippen LogP contribution is 2.28. The monoisotopic (exact) mass is 445 g/mol. The third-order valence-electron chi connectivity index (χ3n) is 4.15. The lowest BCUT2D eigenvalue weighted by Gasteiger charge is -2.10. The average molecular weight is 446 g/mol. The van der Waals surface area contributed by atoms with E-state index in [1.54, 1.807) is 24.1 Å². The maximum absolute atomic E-state index is 6.12. The zero-order valence-corrected chi connectivity index (χ0v) is 17.6. The molecule has 2 aromatic heterocycles. The lowest BCUT2D eigenvalue weighted by Crippen LogP contribution is -2.09. The molecular formula is C21H17Cl2N3O2S. The molecule has 0 radical (unpaired) electrons. The number of ether oxygens (including phenoxy) is 1. The van der Waals surface area contributed by atoms with Crippen LogP contribution in [0.5, 0.6) is 5.75 Å². The van der Waals surface area contributed by atoms with Gasteiger partial charge in [-0.05, 0) is 42.0 Å². The summed E-state index contributed by atoms with van der Waals surface area (Å²) in [6.45, 7) is 0.836. The minimum Gasteiger partial charge on any atom is -0.486 e. The Morgan fingerprint density at radius 2 is 1.83 bits per heavy atom. The van der Waals surface area contributed by atoms with Crippen molar-refractivity contribution in [2.45, 2.75) is 24.1 Å². The van der Waals surface area contributed by atoms with E-state index in [1.165, 1.54) is 0 Å². The second-order valence-electron chi connectivity index (χ2n) is 6.20. The Hall–Kier alpha value is -2.41. The van der Waals surface area contributed by atoms with Crippen molar-refractivity contribution in [3.8, 4) is 5.75 Å². The zero-order valence-electron chi connectivity index (χ0n) is 15.3. The van der Waals surface area contributed by atoms with Crippen LogP contribution in [-0.4, -0.2) is 14.8 Å². The summed E-state index contributed by atoms with van der Waals surface area (Å²) < 4.78 is 13.4. The van der Waals surface area contributed by atoms with Gasteiger partial charge in [0.05, 0.1) is 22.9 Å². The second-order valence-corrected chi connectivity index (χ2v) is 7.96. The highest BCUT2D eigenvalue weighted by Gasteiger charge is 2.15. The molecule has 0 saturated carbocycles. The summed E-state index contributed by atoms with van der Waals surface area (Å²) in [4.78, 5) is 0. The molecule has 0 bridgehead atoms. The first-order chi connectivity index (χ1) is 14.2. The Kier molecular flexibility index (Phi) is 6.44. The van der Waals surface area contributed by atoms with Gasteiger partial charge in [-0.15, -0.1) is 10.2 Å². The van der Waals surface area contributed by atoms with Gasteiger partial charge >= 0.3 is 0 Å². The molecule has 0 fully saturated rings. The maximum atomic E-state index is 6.12. The Balaban J connectivity index is 1.52. The Morgan fingerprint density at radius 1 is 0.966 bits per heavy atom. The summed E-state index contributed by atoms with van der Waals surface area (Å²) in [5, 5.41) is 10.6. The minimum atomic E-state index is 0.311. The van der Waals surface area contributed by atoms with Crippen molar-refractivity contribution in [1.29, 1.82) is 0 Å². The van der Waals surface area contributed by atoms with Gasteiger partial charge in [0.1, 0.15) is 18.1 Å². The van der Waals surface area contributed by atoms with Crippen LogP contribution in [0.15, 0.2) is 76.5 Å². The molecule has 0 saturated heterocycles. The number of thioether (sulfide) groups is 1. The SMILES string of the molecule is Clc1ccc(CSc2nnc(COc3ccccc3)n2Cc2ccco2)cc1Cl. The fourth-order valence-corrected chi connectivity index (χ4v) is 3.91. The summed E-state index contributed by atoms with van der Waals surface area (Å²) in [7, 11) is 0. The summed E-state index contributed by atoms with van der Waals surface area (Å²) in [5.41, 5.74) is 1.05. The lowest BCUT2D eigenvalue weighted by molar-refractivity contribution is 0.287. The fourth-order valence-electron chi connectivity index (χ4n) is 2.69. The average Bonchev–Trinajstić information content (AvgIpc) is 3.39. The fraction of sp³-hybridized carbons (Fsp3) is 0.143. The number of rotatable bonds is 8. The van der Waals surface area contributed by atoms with Crippen LogP contribution in [0.3, 0.4) is 0 Å². The number of hydrogen-bond donors (Lipinski definition) is 0. The number of benzene rings is 2. The van der Waals surface area contributed by atoms with Gasteiger partial charge < -0.3 is 9.15 Å². The van der Waals surface area contributed by atoms with E-state index in [0.717, 1.165) is 28.1 Å². The molecule has 29 heavy (non-hydrogen) atoms. The van der Waals surface area contributed by atoms with E-state index in [2.05, 4.69) is 10.2 Å². The molecule has 0 aliphatic carbocycles. The van der Waals surface area contributed by atoms with Gasteiger partial charge in [-0.2, -0.15) is 0 Å². The second kappa shape index (κ2) is 9.39. The molecule has 8 heteroatoms. The molecule has 4 rings (SSSR count). The molecule has 0 N–H and O–H groups in total. The van der Waals surface area contributed by atoms with Crippen molar-refractivity contribution in [2.75, 3.05) is 0 Å². The molecule has 4 aromatic rings. The quantitative estimate of drug-likeness (QED) is 0.306. The molecule has 2 aromatic carbocycles. The first kappa shape index (κ1) is 19.9. The van der Waals surface area contributed by atoms with E-state index in [4.69, 9.17) is 32.4 Å².